The number of aromatic nitrogens is 1. The molecule has 1 aliphatic rings. The number of hydrazone groups is 1. The molecule has 0 saturated heterocycles. The van der Waals surface area contributed by atoms with E-state index >= 15 is 0 Å². The molecule has 6 nitrogen and oxygen atoms in total. The maximum absolute atomic E-state index is 11.9. The monoisotopic (exact) mass is 280 g/mol. The molecule has 0 aliphatic carbocycles. The molecule has 6 heteroatoms. The highest BCUT2D eigenvalue weighted by Gasteiger charge is 2.21. The first-order valence-electron chi connectivity index (χ1n) is 6.39. The van der Waals surface area contributed by atoms with Crippen molar-refractivity contribution in [2.75, 3.05) is 5.32 Å². The van der Waals surface area contributed by atoms with Crippen LogP contribution in [-0.4, -0.2) is 22.5 Å². The minimum atomic E-state index is -0.373. The van der Waals surface area contributed by atoms with Crippen LogP contribution in [0.4, 0.5) is 5.69 Å². The van der Waals surface area contributed by atoms with Crippen molar-refractivity contribution in [2.24, 2.45) is 5.10 Å². The Kier molecular flexibility index (Phi) is 3.42. The summed E-state index contributed by atoms with van der Waals surface area (Å²) in [6.45, 7) is 0. The van der Waals surface area contributed by atoms with E-state index < -0.39 is 0 Å². The number of carbonyl (C=O) groups is 2. The first-order chi connectivity index (χ1) is 10.2. The van der Waals surface area contributed by atoms with Gasteiger partial charge in [-0.15, -0.1) is 0 Å². The summed E-state index contributed by atoms with van der Waals surface area (Å²) in [5.74, 6) is -0.644. The van der Waals surface area contributed by atoms with Crippen LogP contribution in [-0.2, 0) is 9.59 Å². The van der Waals surface area contributed by atoms with Gasteiger partial charge in [-0.1, -0.05) is 18.2 Å². The predicted octanol–water partition coefficient (Wildman–Crippen LogP) is 1.56. The lowest BCUT2D eigenvalue weighted by atomic mass is 10.1. The van der Waals surface area contributed by atoms with Gasteiger partial charge in [0.25, 0.3) is 5.91 Å². The number of benzene rings is 1. The Bertz CT molecular complexity index is 708. The van der Waals surface area contributed by atoms with E-state index in [1.807, 2.05) is 24.3 Å². The fourth-order valence-electron chi connectivity index (χ4n) is 1.97. The Balaban J connectivity index is 1.70. The smallest absolute Gasteiger partial charge is 0.272 e. The number of hydrogen-bond donors (Lipinski definition) is 2. The molecule has 2 aromatic rings. The van der Waals surface area contributed by atoms with E-state index in [1.54, 1.807) is 24.5 Å². The van der Waals surface area contributed by atoms with Gasteiger partial charge in [-0.3, -0.25) is 14.6 Å². The van der Waals surface area contributed by atoms with Crippen LogP contribution in [0.5, 0.6) is 0 Å². The summed E-state index contributed by atoms with van der Waals surface area (Å²) in [4.78, 5) is 26.9. The molecule has 2 N–H and O–H groups in total. The summed E-state index contributed by atoms with van der Waals surface area (Å²) in [6.07, 6.45) is 3.51. The second kappa shape index (κ2) is 5.54. The van der Waals surface area contributed by atoms with Crippen LogP contribution in [0, 0.1) is 0 Å². The largest absolute Gasteiger partial charge is 0.321 e. The highest BCUT2D eigenvalue weighted by atomic mass is 16.2. The SMILES string of the molecule is O=C1CC(C(=O)Nc2ccc(-c3cccnc3)cc2)=NN1. The van der Waals surface area contributed by atoms with Crippen molar-refractivity contribution in [3.8, 4) is 11.1 Å². The van der Waals surface area contributed by atoms with Gasteiger partial charge in [0, 0.05) is 18.1 Å². The third kappa shape index (κ3) is 2.94. The van der Waals surface area contributed by atoms with E-state index in [1.165, 1.54) is 0 Å². The maximum Gasteiger partial charge on any atom is 0.272 e. The van der Waals surface area contributed by atoms with Gasteiger partial charge >= 0.3 is 0 Å². The topological polar surface area (TPSA) is 83.5 Å². The highest BCUT2D eigenvalue weighted by molar-refractivity contribution is 6.46. The van der Waals surface area contributed by atoms with Crippen molar-refractivity contribution in [1.82, 2.24) is 10.4 Å². The number of carbonyl (C=O) groups excluding carboxylic acids is 2. The first kappa shape index (κ1) is 13.0. The maximum atomic E-state index is 11.9. The van der Waals surface area contributed by atoms with Crippen molar-refractivity contribution in [3.05, 3.63) is 48.8 Å². The Labute approximate surface area is 120 Å². The fourth-order valence-corrected chi connectivity index (χ4v) is 1.97. The molecule has 0 spiro atoms. The Hall–Kier alpha value is -3.02. The van der Waals surface area contributed by atoms with E-state index in [2.05, 4.69) is 20.8 Å². The molecule has 1 aromatic carbocycles. The van der Waals surface area contributed by atoms with Gasteiger partial charge in [-0.2, -0.15) is 5.10 Å². The zero-order valence-corrected chi connectivity index (χ0v) is 11.0. The van der Waals surface area contributed by atoms with E-state index in [0.717, 1.165) is 11.1 Å². The van der Waals surface area contributed by atoms with Crippen molar-refractivity contribution in [3.63, 3.8) is 0 Å². The molecule has 0 atom stereocenters. The summed E-state index contributed by atoms with van der Waals surface area (Å²) >= 11 is 0. The minimum Gasteiger partial charge on any atom is -0.321 e. The van der Waals surface area contributed by atoms with Gasteiger partial charge in [0.05, 0.1) is 6.42 Å². The molecular formula is C15H12N4O2. The average Bonchev–Trinajstić information content (AvgIpc) is 2.96. The molecule has 0 radical (unpaired) electrons. The van der Waals surface area contributed by atoms with E-state index in [9.17, 15) is 9.59 Å². The number of rotatable bonds is 3. The first-order valence-corrected chi connectivity index (χ1v) is 6.39. The van der Waals surface area contributed by atoms with Crippen LogP contribution in [0.3, 0.4) is 0 Å². The third-order valence-corrected chi connectivity index (χ3v) is 3.04. The lowest BCUT2D eigenvalue weighted by Gasteiger charge is -2.06. The quantitative estimate of drug-likeness (QED) is 0.895. The molecule has 1 aromatic heterocycles. The number of anilines is 1. The van der Waals surface area contributed by atoms with Crippen LogP contribution in [0.15, 0.2) is 53.9 Å². The van der Waals surface area contributed by atoms with Gasteiger partial charge in [0.15, 0.2) is 0 Å². The van der Waals surface area contributed by atoms with Crippen molar-refractivity contribution in [2.45, 2.75) is 6.42 Å². The normalized spacial score (nSPS) is 13.5. The van der Waals surface area contributed by atoms with Gasteiger partial charge in [0.1, 0.15) is 5.71 Å². The molecule has 1 aliphatic heterocycles. The molecule has 0 unspecified atom stereocenters. The zero-order chi connectivity index (χ0) is 14.7. The van der Waals surface area contributed by atoms with Crippen molar-refractivity contribution >= 4 is 23.2 Å². The number of nitrogens with zero attached hydrogens (tertiary/aromatic N) is 2. The molecule has 0 fully saturated rings. The number of nitrogens with one attached hydrogen (secondary N) is 2. The fraction of sp³-hybridized carbons (Fsp3) is 0.0667. The van der Waals surface area contributed by atoms with Crippen LogP contribution in [0.25, 0.3) is 11.1 Å². The zero-order valence-electron chi connectivity index (χ0n) is 11.0. The van der Waals surface area contributed by atoms with Gasteiger partial charge in [0.2, 0.25) is 5.91 Å². The standard InChI is InChI=1S/C15H12N4O2/c20-14-8-13(18-19-14)15(21)17-12-5-3-10(4-6-12)11-2-1-7-16-9-11/h1-7,9H,8H2,(H,17,21)(H,19,20). The van der Waals surface area contributed by atoms with Gasteiger partial charge < -0.3 is 5.32 Å². The molecule has 21 heavy (non-hydrogen) atoms. The highest BCUT2D eigenvalue weighted by Crippen LogP contribution is 2.20. The van der Waals surface area contributed by atoms with Gasteiger partial charge in [-0.25, -0.2) is 5.43 Å². The second-order valence-electron chi connectivity index (χ2n) is 4.54. The van der Waals surface area contributed by atoms with E-state index in [0.29, 0.717) is 5.69 Å². The predicted molar refractivity (Wildman–Crippen MR) is 78.5 cm³/mol. The number of hydrogen-bond acceptors (Lipinski definition) is 4. The van der Waals surface area contributed by atoms with Crippen molar-refractivity contribution in [1.29, 1.82) is 0 Å². The van der Waals surface area contributed by atoms with E-state index in [4.69, 9.17) is 0 Å². The molecule has 0 saturated carbocycles. The van der Waals surface area contributed by atoms with Crippen molar-refractivity contribution < 1.29 is 9.59 Å². The second-order valence-corrected chi connectivity index (χ2v) is 4.54. The van der Waals surface area contributed by atoms with E-state index in [-0.39, 0.29) is 23.9 Å². The van der Waals surface area contributed by atoms with Crippen LogP contribution >= 0.6 is 0 Å². The molecular weight excluding hydrogens is 268 g/mol. The Morgan fingerprint density at radius 2 is 1.95 bits per heavy atom. The number of pyridine rings is 1. The van der Waals surface area contributed by atoms with Crippen LogP contribution < -0.4 is 10.7 Å². The number of amides is 2. The Morgan fingerprint density at radius 3 is 2.57 bits per heavy atom. The molecule has 0 bridgehead atoms. The molecule has 2 heterocycles. The summed E-state index contributed by atoms with van der Waals surface area (Å²) in [5.41, 5.74) is 5.10. The average molecular weight is 280 g/mol. The lowest BCUT2D eigenvalue weighted by molar-refractivity contribution is -0.119. The summed E-state index contributed by atoms with van der Waals surface area (Å²) in [6, 6.07) is 11.2. The molecule has 104 valence electrons. The summed E-state index contributed by atoms with van der Waals surface area (Å²) in [5, 5.41) is 6.38. The van der Waals surface area contributed by atoms with Crippen LogP contribution in [0.1, 0.15) is 6.42 Å². The molecule has 2 amide bonds. The third-order valence-electron chi connectivity index (χ3n) is 3.04. The van der Waals surface area contributed by atoms with Gasteiger partial charge in [-0.05, 0) is 29.3 Å². The summed E-state index contributed by atoms with van der Waals surface area (Å²) < 4.78 is 0. The summed E-state index contributed by atoms with van der Waals surface area (Å²) in [7, 11) is 0. The lowest BCUT2D eigenvalue weighted by Crippen LogP contribution is -2.22. The van der Waals surface area contributed by atoms with Crippen LogP contribution in [0.2, 0.25) is 0 Å². The minimum absolute atomic E-state index is 0.0135. The Morgan fingerprint density at radius 1 is 1.14 bits per heavy atom. The molecule has 3 rings (SSSR count).